The van der Waals surface area contributed by atoms with Crippen LogP contribution in [-0.4, -0.2) is 47.4 Å². The van der Waals surface area contributed by atoms with Crippen molar-refractivity contribution in [2.24, 2.45) is 5.73 Å². The zero-order chi connectivity index (χ0) is 12.4. The molecule has 1 fully saturated rings. The van der Waals surface area contributed by atoms with E-state index >= 15 is 0 Å². The molecule has 17 heavy (non-hydrogen) atoms. The van der Waals surface area contributed by atoms with Gasteiger partial charge in [-0.1, -0.05) is 0 Å². The highest BCUT2D eigenvalue weighted by atomic mass is 16.2. The molecule has 2 rings (SSSR count). The highest BCUT2D eigenvalue weighted by molar-refractivity contribution is 5.98. The summed E-state index contributed by atoms with van der Waals surface area (Å²) in [6.07, 6.45) is 1.46. The van der Waals surface area contributed by atoms with Gasteiger partial charge >= 0.3 is 0 Å². The number of rotatable bonds is 2. The van der Waals surface area contributed by atoms with Crippen LogP contribution in [0.1, 0.15) is 27.8 Å². The predicted molar refractivity (Wildman–Crippen MR) is 62.7 cm³/mol. The molecular weight excluding hydrogens is 220 g/mol. The van der Waals surface area contributed by atoms with Gasteiger partial charge in [-0.2, -0.15) is 0 Å². The minimum atomic E-state index is -0.534. The second-order valence-electron chi connectivity index (χ2n) is 4.22. The van der Waals surface area contributed by atoms with Crippen molar-refractivity contribution in [1.82, 2.24) is 15.2 Å². The molecule has 1 aliphatic rings. The molecule has 92 valence electrons. The fourth-order valence-corrected chi connectivity index (χ4v) is 1.96. The molecule has 0 aromatic carbocycles. The standard InChI is InChI=1S/C11H16N4O2/c1-7-5-13-2-3-15(7)11(17)9-4-8(6-14-9)10(12)16/h4,6-7,13-14H,2-3,5H2,1H3,(H2,12,16)/t7-/m0/s1. The van der Waals surface area contributed by atoms with Crippen molar-refractivity contribution in [3.63, 3.8) is 0 Å². The zero-order valence-corrected chi connectivity index (χ0v) is 9.69. The molecule has 0 spiro atoms. The lowest BCUT2D eigenvalue weighted by Crippen LogP contribution is -2.52. The number of piperazine rings is 1. The van der Waals surface area contributed by atoms with E-state index in [9.17, 15) is 9.59 Å². The number of H-pyrrole nitrogens is 1. The summed E-state index contributed by atoms with van der Waals surface area (Å²) in [5.41, 5.74) is 5.88. The number of carbonyl (C=O) groups excluding carboxylic acids is 2. The Morgan fingerprint density at radius 2 is 2.29 bits per heavy atom. The summed E-state index contributed by atoms with van der Waals surface area (Å²) >= 11 is 0. The molecule has 0 saturated carbocycles. The Kier molecular flexibility index (Phi) is 3.14. The smallest absolute Gasteiger partial charge is 0.270 e. The van der Waals surface area contributed by atoms with Crippen molar-refractivity contribution in [3.05, 3.63) is 23.5 Å². The molecule has 1 aromatic heterocycles. The molecule has 1 aliphatic heterocycles. The fraction of sp³-hybridized carbons (Fsp3) is 0.455. The minimum Gasteiger partial charge on any atom is -0.366 e. The lowest BCUT2D eigenvalue weighted by molar-refractivity contribution is 0.0650. The molecule has 0 bridgehead atoms. The first-order chi connectivity index (χ1) is 8.09. The Labute approximate surface area is 99.2 Å². The van der Waals surface area contributed by atoms with Crippen molar-refractivity contribution >= 4 is 11.8 Å². The van der Waals surface area contributed by atoms with Crippen LogP contribution in [-0.2, 0) is 0 Å². The summed E-state index contributed by atoms with van der Waals surface area (Å²) in [5.74, 6) is -0.625. The molecular formula is C11H16N4O2. The number of aromatic amines is 1. The van der Waals surface area contributed by atoms with Gasteiger partial charge in [-0.3, -0.25) is 9.59 Å². The fourth-order valence-electron chi connectivity index (χ4n) is 1.96. The number of aromatic nitrogens is 1. The monoisotopic (exact) mass is 236 g/mol. The first kappa shape index (κ1) is 11.7. The Morgan fingerprint density at radius 1 is 1.53 bits per heavy atom. The quantitative estimate of drug-likeness (QED) is 0.649. The Morgan fingerprint density at radius 3 is 2.88 bits per heavy atom. The zero-order valence-electron chi connectivity index (χ0n) is 9.69. The maximum Gasteiger partial charge on any atom is 0.270 e. The van der Waals surface area contributed by atoms with Crippen LogP contribution < -0.4 is 11.1 Å². The Balaban J connectivity index is 2.15. The molecule has 4 N–H and O–H groups in total. The van der Waals surface area contributed by atoms with E-state index in [4.69, 9.17) is 5.73 Å². The first-order valence-electron chi connectivity index (χ1n) is 5.59. The van der Waals surface area contributed by atoms with E-state index in [0.29, 0.717) is 17.8 Å². The van der Waals surface area contributed by atoms with E-state index in [2.05, 4.69) is 10.3 Å². The van der Waals surface area contributed by atoms with Crippen LogP contribution in [0, 0.1) is 0 Å². The van der Waals surface area contributed by atoms with Crippen molar-refractivity contribution < 1.29 is 9.59 Å². The highest BCUT2D eigenvalue weighted by Gasteiger charge is 2.25. The van der Waals surface area contributed by atoms with Crippen molar-refractivity contribution in [1.29, 1.82) is 0 Å². The number of nitrogens with one attached hydrogen (secondary N) is 2. The average Bonchev–Trinajstić information content (AvgIpc) is 2.78. The van der Waals surface area contributed by atoms with Gasteiger partial charge in [0.1, 0.15) is 5.69 Å². The van der Waals surface area contributed by atoms with Crippen LogP contribution in [0.15, 0.2) is 12.3 Å². The topological polar surface area (TPSA) is 91.2 Å². The molecule has 0 unspecified atom stereocenters. The van der Waals surface area contributed by atoms with Crippen LogP contribution in [0.5, 0.6) is 0 Å². The molecule has 2 heterocycles. The lowest BCUT2D eigenvalue weighted by atomic mass is 10.2. The van der Waals surface area contributed by atoms with Gasteiger partial charge in [0.05, 0.1) is 5.56 Å². The van der Waals surface area contributed by atoms with E-state index in [-0.39, 0.29) is 11.9 Å². The maximum atomic E-state index is 12.2. The second kappa shape index (κ2) is 4.58. The van der Waals surface area contributed by atoms with Crippen LogP contribution in [0.3, 0.4) is 0 Å². The maximum absolute atomic E-state index is 12.2. The van der Waals surface area contributed by atoms with Gasteiger partial charge in [0.15, 0.2) is 0 Å². The number of nitrogens with zero attached hydrogens (tertiary/aromatic N) is 1. The Hall–Kier alpha value is -1.82. The van der Waals surface area contributed by atoms with Gasteiger partial charge in [0.2, 0.25) is 5.91 Å². The first-order valence-corrected chi connectivity index (χ1v) is 5.59. The summed E-state index contributed by atoms with van der Waals surface area (Å²) in [6, 6.07) is 1.65. The summed E-state index contributed by atoms with van der Waals surface area (Å²) in [6.45, 7) is 4.24. The van der Waals surface area contributed by atoms with Crippen LogP contribution in [0.4, 0.5) is 0 Å². The molecule has 6 nitrogen and oxygen atoms in total. The van der Waals surface area contributed by atoms with Gasteiger partial charge in [-0.15, -0.1) is 0 Å². The van der Waals surface area contributed by atoms with E-state index in [0.717, 1.165) is 13.1 Å². The largest absolute Gasteiger partial charge is 0.366 e. The summed E-state index contributed by atoms with van der Waals surface area (Å²) in [7, 11) is 0. The normalized spacial score (nSPS) is 20.3. The van der Waals surface area contributed by atoms with Crippen molar-refractivity contribution in [2.75, 3.05) is 19.6 Å². The van der Waals surface area contributed by atoms with E-state index in [1.54, 1.807) is 4.90 Å². The molecule has 0 aliphatic carbocycles. The van der Waals surface area contributed by atoms with E-state index in [1.165, 1.54) is 12.3 Å². The third-order valence-electron chi connectivity index (χ3n) is 2.96. The average molecular weight is 236 g/mol. The number of nitrogens with two attached hydrogens (primary N) is 1. The summed E-state index contributed by atoms with van der Waals surface area (Å²) in [5, 5.41) is 3.22. The molecule has 1 atom stereocenters. The molecule has 1 saturated heterocycles. The van der Waals surface area contributed by atoms with Gasteiger partial charge in [-0.05, 0) is 13.0 Å². The summed E-state index contributed by atoms with van der Waals surface area (Å²) < 4.78 is 0. The van der Waals surface area contributed by atoms with E-state index in [1.807, 2.05) is 6.92 Å². The van der Waals surface area contributed by atoms with Gasteiger partial charge in [0.25, 0.3) is 5.91 Å². The second-order valence-corrected chi connectivity index (χ2v) is 4.22. The van der Waals surface area contributed by atoms with Gasteiger partial charge in [0, 0.05) is 31.9 Å². The minimum absolute atomic E-state index is 0.0912. The van der Waals surface area contributed by atoms with Crippen LogP contribution in [0.25, 0.3) is 0 Å². The SMILES string of the molecule is C[C@H]1CNCCN1C(=O)c1cc(C(N)=O)c[nH]1. The molecule has 6 heteroatoms. The third kappa shape index (κ3) is 2.31. The molecule has 2 amide bonds. The predicted octanol–water partition coefficient (Wildman–Crippen LogP) is -0.452. The van der Waals surface area contributed by atoms with Crippen LogP contribution >= 0.6 is 0 Å². The van der Waals surface area contributed by atoms with E-state index < -0.39 is 5.91 Å². The lowest BCUT2D eigenvalue weighted by Gasteiger charge is -2.33. The van der Waals surface area contributed by atoms with Gasteiger partial charge < -0.3 is 20.9 Å². The molecule has 1 aromatic rings. The van der Waals surface area contributed by atoms with Gasteiger partial charge in [-0.25, -0.2) is 0 Å². The number of amides is 2. The number of carbonyl (C=O) groups is 2. The number of hydrogen-bond donors (Lipinski definition) is 3. The Bertz CT molecular complexity index is 440. The molecule has 0 radical (unpaired) electrons. The van der Waals surface area contributed by atoms with Crippen molar-refractivity contribution in [3.8, 4) is 0 Å². The van der Waals surface area contributed by atoms with Crippen LogP contribution in [0.2, 0.25) is 0 Å². The van der Waals surface area contributed by atoms with Crippen molar-refractivity contribution in [2.45, 2.75) is 13.0 Å². The number of hydrogen-bond acceptors (Lipinski definition) is 3. The third-order valence-corrected chi connectivity index (χ3v) is 2.96. The number of primary amides is 1. The highest BCUT2D eigenvalue weighted by Crippen LogP contribution is 2.10. The summed E-state index contributed by atoms with van der Waals surface area (Å²) in [4.78, 5) is 27.7.